The molecule has 5 nitrogen and oxygen atoms in total. The van der Waals surface area contributed by atoms with Crippen molar-refractivity contribution in [3.8, 4) is 5.75 Å². The van der Waals surface area contributed by atoms with Crippen LogP contribution in [0.25, 0.3) is 10.2 Å². The summed E-state index contributed by atoms with van der Waals surface area (Å²) >= 11 is 16.9. The predicted octanol–water partition coefficient (Wildman–Crippen LogP) is 5.21. The number of thiazole rings is 1. The van der Waals surface area contributed by atoms with Gasteiger partial charge in [0.1, 0.15) is 0 Å². The number of carbonyl (C=O) groups is 1. The summed E-state index contributed by atoms with van der Waals surface area (Å²) < 4.78 is 6.68. The smallest absolute Gasteiger partial charge is 0.255 e. The van der Waals surface area contributed by atoms with E-state index >= 15 is 0 Å². The summed E-state index contributed by atoms with van der Waals surface area (Å²) in [6.45, 7) is 0. The van der Waals surface area contributed by atoms with E-state index in [4.69, 9.17) is 33.7 Å². The lowest BCUT2D eigenvalue weighted by molar-refractivity contribution is 0.102. The maximum Gasteiger partial charge on any atom is 0.255 e. The SMILES string of the molecule is COc1c(Cl)cc(C(=O)Nc2cc(Br)c3nc(N)sc3c2)cc1Cl. The lowest BCUT2D eigenvalue weighted by Crippen LogP contribution is -2.12. The Morgan fingerprint density at radius 1 is 1.29 bits per heavy atom. The van der Waals surface area contributed by atoms with Gasteiger partial charge >= 0.3 is 0 Å². The average molecular weight is 447 g/mol. The lowest BCUT2D eigenvalue weighted by atomic mass is 10.2. The normalized spacial score (nSPS) is 10.8. The van der Waals surface area contributed by atoms with Gasteiger partial charge in [-0.15, -0.1) is 0 Å². The number of nitrogens with two attached hydrogens (primary N) is 1. The summed E-state index contributed by atoms with van der Waals surface area (Å²) in [5.74, 6) is -0.00984. The number of halogens is 3. The Balaban J connectivity index is 1.92. The van der Waals surface area contributed by atoms with E-state index in [0.717, 1.165) is 14.7 Å². The molecule has 3 rings (SSSR count). The lowest BCUT2D eigenvalue weighted by Gasteiger charge is -2.10. The van der Waals surface area contributed by atoms with Crippen LogP contribution in [0.3, 0.4) is 0 Å². The molecule has 9 heteroatoms. The van der Waals surface area contributed by atoms with Crippen molar-refractivity contribution in [2.75, 3.05) is 18.2 Å². The van der Waals surface area contributed by atoms with Gasteiger partial charge in [-0.05, 0) is 40.2 Å². The summed E-state index contributed by atoms with van der Waals surface area (Å²) in [5, 5.41) is 3.80. The van der Waals surface area contributed by atoms with Crippen molar-refractivity contribution in [2.45, 2.75) is 0 Å². The van der Waals surface area contributed by atoms with Crippen LogP contribution in [-0.4, -0.2) is 18.0 Å². The standard InChI is InChI=1S/C15H10BrCl2N3O2S/c1-23-13-9(17)2-6(3-10(13)18)14(22)20-7-4-8(16)12-11(5-7)24-15(19)21-12/h2-5H,1H3,(H2,19,21)(H,20,22). The number of methoxy groups -OCH3 is 1. The number of nitrogen functional groups attached to an aromatic ring is 1. The van der Waals surface area contributed by atoms with Crippen LogP contribution in [-0.2, 0) is 0 Å². The Bertz CT molecular complexity index is 938. The molecule has 0 radical (unpaired) electrons. The van der Waals surface area contributed by atoms with Crippen molar-refractivity contribution < 1.29 is 9.53 Å². The van der Waals surface area contributed by atoms with Gasteiger partial charge in [0.25, 0.3) is 5.91 Å². The predicted molar refractivity (Wildman–Crippen MR) is 103 cm³/mol. The molecule has 1 amide bonds. The number of nitrogens with zero attached hydrogens (tertiary/aromatic N) is 1. The first-order valence-corrected chi connectivity index (χ1v) is 8.95. The third-order valence-electron chi connectivity index (χ3n) is 3.19. The number of anilines is 2. The quantitative estimate of drug-likeness (QED) is 0.578. The van der Waals surface area contributed by atoms with Crippen LogP contribution in [0.1, 0.15) is 10.4 Å². The molecule has 0 aliphatic rings. The maximum absolute atomic E-state index is 12.4. The first-order valence-electron chi connectivity index (χ1n) is 6.59. The van der Waals surface area contributed by atoms with Gasteiger partial charge in [0, 0.05) is 15.7 Å². The minimum Gasteiger partial charge on any atom is -0.494 e. The number of fused-ring (bicyclic) bond motifs is 1. The number of hydrogen-bond donors (Lipinski definition) is 2. The Morgan fingerprint density at radius 2 is 1.96 bits per heavy atom. The Hall–Kier alpha value is -1.54. The van der Waals surface area contributed by atoms with E-state index < -0.39 is 0 Å². The molecule has 24 heavy (non-hydrogen) atoms. The monoisotopic (exact) mass is 445 g/mol. The van der Waals surface area contributed by atoms with E-state index in [0.29, 0.717) is 22.1 Å². The number of ether oxygens (including phenoxy) is 1. The molecule has 0 aliphatic carbocycles. The van der Waals surface area contributed by atoms with E-state index in [2.05, 4.69) is 26.2 Å². The van der Waals surface area contributed by atoms with Crippen molar-refractivity contribution in [1.82, 2.24) is 4.98 Å². The first kappa shape index (κ1) is 17.3. The topological polar surface area (TPSA) is 77.2 Å². The van der Waals surface area contributed by atoms with Crippen molar-refractivity contribution >= 4 is 77.4 Å². The minimum atomic E-state index is -0.342. The molecule has 2 aromatic carbocycles. The molecule has 3 N–H and O–H groups in total. The summed E-state index contributed by atoms with van der Waals surface area (Å²) in [4.78, 5) is 16.7. The van der Waals surface area contributed by atoms with Crippen molar-refractivity contribution in [3.63, 3.8) is 0 Å². The molecule has 0 fully saturated rings. The summed E-state index contributed by atoms with van der Waals surface area (Å²) in [7, 11) is 1.46. The van der Waals surface area contributed by atoms with Crippen LogP contribution >= 0.6 is 50.5 Å². The van der Waals surface area contributed by atoms with Gasteiger partial charge in [-0.1, -0.05) is 34.5 Å². The number of nitrogens with one attached hydrogen (secondary N) is 1. The fourth-order valence-corrected chi connectivity index (χ4v) is 4.29. The fraction of sp³-hybridized carbons (Fsp3) is 0.0667. The highest BCUT2D eigenvalue weighted by atomic mass is 79.9. The molecule has 0 aliphatic heterocycles. The van der Waals surface area contributed by atoms with Crippen LogP contribution in [0.15, 0.2) is 28.7 Å². The molecule has 124 valence electrons. The molecule has 1 heterocycles. The molecule has 0 saturated carbocycles. The highest BCUT2D eigenvalue weighted by Gasteiger charge is 2.15. The highest BCUT2D eigenvalue weighted by Crippen LogP contribution is 2.35. The zero-order valence-corrected chi connectivity index (χ0v) is 16.1. The Morgan fingerprint density at radius 3 is 2.58 bits per heavy atom. The number of amides is 1. The second kappa shape index (κ2) is 6.76. The highest BCUT2D eigenvalue weighted by molar-refractivity contribution is 9.10. The third-order valence-corrected chi connectivity index (χ3v) is 5.18. The molecule has 0 spiro atoms. The molecule has 1 aromatic heterocycles. The Kier molecular flexibility index (Phi) is 4.87. The van der Waals surface area contributed by atoms with Gasteiger partial charge in [0.15, 0.2) is 10.9 Å². The second-order valence-electron chi connectivity index (χ2n) is 4.78. The van der Waals surface area contributed by atoms with Crippen LogP contribution in [0.4, 0.5) is 10.8 Å². The van der Waals surface area contributed by atoms with E-state index in [-0.39, 0.29) is 16.0 Å². The number of aromatic nitrogens is 1. The molecule has 0 bridgehead atoms. The largest absolute Gasteiger partial charge is 0.494 e. The van der Waals surface area contributed by atoms with Crippen LogP contribution in [0.2, 0.25) is 10.0 Å². The van der Waals surface area contributed by atoms with Gasteiger partial charge < -0.3 is 15.8 Å². The van der Waals surface area contributed by atoms with Crippen molar-refractivity contribution in [1.29, 1.82) is 0 Å². The average Bonchev–Trinajstić information content (AvgIpc) is 2.88. The summed E-state index contributed by atoms with van der Waals surface area (Å²) in [6.07, 6.45) is 0. The number of rotatable bonds is 3. The maximum atomic E-state index is 12.4. The van der Waals surface area contributed by atoms with E-state index in [1.54, 1.807) is 12.1 Å². The minimum absolute atomic E-state index is 0.266. The Labute approximate surface area is 159 Å². The number of carbonyl (C=O) groups excluding carboxylic acids is 1. The molecule has 3 aromatic rings. The number of benzene rings is 2. The molecule has 0 saturated heterocycles. The van der Waals surface area contributed by atoms with Gasteiger partial charge in [0.05, 0.1) is 27.4 Å². The zero-order valence-electron chi connectivity index (χ0n) is 12.2. The van der Waals surface area contributed by atoms with Crippen LogP contribution in [0.5, 0.6) is 5.75 Å². The molecular weight excluding hydrogens is 437 g/mol. The molecular formula is C15H10BrCl2N3O2S. The van der Waals surface area contributed by atoms with E-state index in [1.807, 2.05) is 0 Å². The summed E-state index contributed by atoms with van der Waals surface area (Å²) in [6, 6.07) is 6.56. The van der Waals surface area contributed by atoms with E-state index in [1.165, 1.54) is 30.6 Å². The second-order valence-corrected chi connectivity index (χ2v) is 7.52. The third kappa shape index (κ3) is 3.30. The first-order chi connectivity index (χ1) is 11.4. The van der Waals surface area contributed by atoms with Gasteiger partial charge in [-0.3, -0.25) is 4.79 Å². The van der Waals surface area contributed by atoms with Gasteiger partial charge in [0.2, 0.25) is 0 Å². The van der Waals surface area contributed by atoms with Crippen molar-refractivity contribution in [3.05, 3.63) is 44.3 Å². The van der Waals surface area contributed by atoms with Crippen molar-refractivity contribution in [2.24, 2.45) is 0 Å². The number of hydrogen-bond acceptors (Lipinski definition) is 5. The van der Waals surface area contributed by atoms with Crippen LogP contribution in [0, 0.1) is 0 Å². The van der Waals surface area contributed by atoms with Gasteiger partial charge in [-0.2, -0.15) is 0 Å². The molecule has 0 unspecified atom stereocenters. The van der Waals surface area contributed by atoms with Gasteiger partial charge in [-0.25, -0.2) is 4.98 Å². The molecule has 0 atom stereocenters. The summed E-state index contributed by atoms with van der Waals surface area (Å²) in [5.41, 5.74) is 7.40. The fourth-order valence-electron chi connectivity index (χ4n) is 2.17. The van der Waals surface area contributed by atoms with E-state index in [9.17, 15) is 4.79 Å². The van der Waals surface area contributed by atoms with Crippen LogP contribution < -0.4 is 15.8 Å². The zero-order chi connectivity index (χ0) is 17.4.